The monoisotopic (exact) mass is 321 g/mol. The largest absolute Gasteiger partial charge is 0.253 e. The molecule has 22 heavy (non-hydrogen) atoms. The second kappa shape index (κ2) is 6.60. The molecular formula is C16H23N3O2S. The highest BCUT2D eigenvalue weighted by molar-refractivity contribution is 7.92. The number of sulfone groups is 1. The first-order chi connectivity index (χ1) is 10.3. The van der Waals surface area contributed by atoms with Gasteiger partial charge in [0, 0.05) is 12.7 Å². The molecule has 0 aliphatic carbocycles. The van der Waals surface area contributed by atoms with Crippen LogP contribution in [0.5, 0.6) is 0 Å². The van der Waals surface area contributed by atoms with E-state index in [9.17, 15) is 8.42 Å². The van der Waals surface area contributed by atoms with E-state index < -0.39 is 15.1 Å². The lowest BCUT2D eigenvalue weighted by atomic mass is 9.97. The highest BCUT2D eigenvalue weighted by atomic mass is 32.2. The summed E-state index contributed by atoms with van der Waals surface area (Å²) in [5.74, 6) is 0.185. The van der Waals surface area contributed by atoms with Gasteiger partial charge in [0.2, 0.25) is 0 Å². The van der Waals surface area contributed by atoms with Crippen LogP contribution in [0.3, 0.4) is 0 Å². The Hall–Kier alpha value is -1.69. The van der Waals surface area contributed by atoms with Crippen molar-refractivity contribution in [3.8, 4) is 0 Å². The highest BCUT2D eigenvalue weighted by Crippen LogP contribution is 2.24. The second-order valence-electron chi connectivity index (χ2n) is 5.84. The summed E-state index contributed by atoms with van der Waals surface area (Å²) in [4.78, 5) is 0.393. The first-order valence-electron chi connectivity index (χ1n) is 7.57. The van der Waals surface area contributed by atoms with E-state index in [2.05, 4.69) is 17.2 Å². The molecule has 0 bridgehead atoms. The molecule has 0 aliphatic heterocycles. The Balaban J connectivity index is 2.22. The maximum absolute atomic E-state index is 12.3. The fourth-order valence-electron chi connectivity index (χ4n) is 2.29. The molecule has 0 amide bonds. The number of benzene rings is 1. The van der Waals surface area contributed by atoms with Crippen molar-refractivity contribution in [2.75, 3.05) is 0 Å². The van der Waals surface area contributed by atoms with E-state index in [-0.39, 0.29) is 5.92 Å². The van der Waals surface area contributed by atoms with Crippen LogP contribution in [0.15, 0.2) is 35.4 Å². The van der Waals surface area contributed by atoms with Gasteiger partial charge in [-0.25, -0.2) is 8.42 Å². The lowest BCUT2D eigenvalue weighted by molar-refractivity contribution is 0.587. The van der Waals surface area contributed by atoms with Crippen molar-refractivity contribution in [1.29, 1.82) is 0 Å². The topological polar surface area (TPSA) is 64.8 Å². The van der Waals surface area contributed by atoms with Crippen LogP contribution in [0, 0.1) is 0 Å². The van der Waals surface area contributed by atoms with Crippen LogP contribution in [0.4, 0.5) is 0 Å². The molecule has 0 N–H and O–H groups in total. The van der Waals surface area contributed by atoms with Gasteiger partial charge in [0.05, 0.1) is 15.8 Å². The summed E-state index contributed by atoms with van der Waals surface area (Å²) < 4.78 is 26.4. The van der Waals surface area contributed by atoms with E-state index >= 15 is 0 Å². The van der Waals surface area contributed by atoms with Gasteiger partial charge in [-0.1, -0.05) is 24.3 Å². The van der Waals surface area contributed by atoms with Crippen LogP contribution in [0.1, 0.15) is 44.9 Å². The van der Waals surface area contributed by atoms with Crippen molar-refractivity contribution >= 4 is 9.84 Å². The van der Waals surface area contributed by atoms with Gasteiger partial charge in [0.15, 0.2) is 9.84 Å². The minimum atomic E-state index is -3.24. The molecular weight excluding hydrogens is 298 g/mol. The smallest absolute Gasteiger partial charge is 0.180 e. The van der Waals surface area contributed by atoms with Crippen LogP contribution < -0.4 is 0 Å². The third kappa shape index (κ3) is 3.55. The summed E-state index contributed by atoms with van der Waals surface area (Å²) in [6, 6.07) is 7.22. The molecule has 0 fully saturated rings. The van der Waals surface area contributed by atoms with Crippen LogP contribution in [0.25, 0.3) is 0 Å². The molecule has 1 aromatic carbocycles. The average molecular weight is 321 g/mol. The molecule has 1 aromatic heterocycles. The van der Waals surface area contributed by atoms with Gasteiger partial charge in [0.25, 0.3) is 0 Å². The van der Waals surface area contributed by atoms with E-state index in [0.29, 0.717) is 4.90 Å². The molecule has 0 spiro atoms. The van der Waals surface area contributed by atoms with Crippen LogP contribution in [-0.4, -0.2) is 28.7 Å². The molecule has 5 nitrogen and oxygen atoms in total. The summed E-state index contributed by atoms with van der Waals surface area (Å²) in [6.07, 6.45) is 2.68. The van der Waals surface area contributed by atoms with Gasteiger partial charge in [-0.3, -0.25) is 4.68 Å². The van der Waals surface area contributed by atoms with Gasteiger partial charge in [-0.2, -0.15) is 0 Å². The van der Waals surface area contributed by atoms with Crippen molar-refractivity contribution in [3.05, 3.63) is 41.7 Å². The minimum absolute atomic E-state index is 0.185. The normalized spacial score (nSPS) is 13.5. The Morgan fingerprint density at radius 2 is 1.95 bits per heavy atom. The van der Waals surface area contributed by atoms with Crippen LogP contribution >= 0.6 is 0 Å². The van der Waals surface area contributed by atoms with Gasteiger partial charge in [-0.05, 0) is 50.8 Å². The molecule has 2 aromatic rings. The van der Waals surface area contributed by atoms with Crippen molar-refractivity contribution < 1.29 is 8.42 Å². The van der Waals surface area contributed by atoms with Gasteiger partial charge >= 0.3 is 0 Å². The van der Waals surface area contributed by atoms with Gasteiger partial charge in [0.1, 0.15) is 0 Å². The number of rotatable bonds is 6. The zero-order chi connectivity index (χ0) is 16.3. The lowest BCUT2D eigenvalue weighted by Crippen LogP contribution is -2.14. The van der Waals surface area contributed by atoms with Crippen LogP contribution in [-0.2, 0) is 22.8 Å². The first-order valence-corrected chi connectivity index (χ1v) is 9.12. The molecule has 1 heterocycles. The summed E-state index contributed by atoms with van der Waals surface area (Å²) >= 11 is 0. The van der Waals surface area contributed by atoms with Gasteiger partial charge in [-0.15, -0.1) is 5.10 Å². The predicted octanol–water partition coefficient (Wildman–Crippen LogP) is 2.83. The van der Waals surface area contributed by atoms with Crippen molar-refractivity contribution in [2.45, 2.75) is 56.7 Å². The summed E-state index contributed by atoms with van der Waals surface area (Å²) in [7, 11) is -3.24. The van der Waals surface area contributed by atoms with Crippen LogP contribution in [0.2, 0.25) is 0 Å². The standard InChI is InChI=1S/C16H23N3O2S/c1-5-19-11-15(17-18-19)9-13(4)14-7-6-8-16(10-14)22(20,21)12(2)3/h6-8,10-13H,5,9H2,1-4H3. The number of aryl methyl sites for hydroxylation is 1. The molecule has 0 aliphatic rings. The maximum atomic E-state index is 12.3. The average Bonchev–Trinajstić information content (AvgIpc) is 2.94. The van der Waals surface area contributed by atoms with E-state index in [4.69, 9.17) is 0 Å². The quantitative estimate of drug-likeness (QED) is 0.820. The zero-order valence-electron chi connectivity index (χ0n) is 13.5. The minimum Gasteiger partial charge on any atom is -0.253 e. The summed E-state index contributed by atoms with van der Waals surface area (Å²) in [5, 5.41) is 7.76. The number of aromatic nitrogens is 3. The summed E-state index contributed by atoms with van der Waals surface area (Å²) in [5.41, 5.74) is 1.93. The third-order valence-corrected chi connectivity index (χ3v) is 5.95. The molecule has 0 saturated heterocycles. The van der Waals surface area contributed by atoms with E-state index in [1.54, 1.807) is 30.7 Å². The Labute approximate surface area is 132 Å². The third-order valence-electron chi connectivity index (χ3n) is 3.80. The molecule has 120 valence electrons. The van der Waals surface area contributed by atoms with Gasteiger partial charge < -0.3 is 0 Å². The van der Waals surface area contributed by atoms with E-state index in [0.717, 1.165) is 24.2 Å². The van der Waals surface area contributed by atoms with Crippen molar-refractivity contribution in [2.24, 2.45) is 0 Å². The second-order valence-corrected chi connectivity index (χ2v) is 8.34. The molecule has 6 heteroatoms. The molecule has 1 unspecified atom stereocenters. The molecule has 1 atom stereocenters. The Morgan fingerprint density at radius 3 is 2.55 bits per heavy atom. The lowest BCUT2D eigenvalue weighted by Gasteiger charge is -2.13. The Bertz CT molecular complexity index is 735. The zero-order valence-corrected chi connectivity index (χ0v) is 14.3. The van der Waals surface area contributed by atoms with E-state index in [1.807, 2.05) is 25.3 Å². The molecule has 2 rings (SSSR count). The first kappa shape index (κ1) is 16.7. The van der Waals surface area contributed by atoms with Crippen molar-refractivity contribution in [3.63, 3.8) is 0 Å². The number of nitrogens with zero attached hydrogens (tertiary/aromatic N) is 3. The molecule has 0 radical (unpaired) electrons. The highest BCUT2D eigenvalue weighted by Gasteiger charge is 2.20. The maximum Gasteiger partial charge on any atom is 0.180 e. The summed E-state index contributed by atoms with van der Waals surface area (Å²) in [6.45, 7) is 8.29. The Kier molecular flexibility index (Phi) is 5.01. The fourth-order valence-corrected chi connectivity index (χ4v) is 3.40. The predicted molar refractivity (Wildman–Crippen MR) is 86.6 cm³/mol. The fraction of sp³-hybridized carbons (Fsp3) is 0.500. The van der Waals surface area contributed by atoms with E-state index in [1.165, 1.54) is 0 Å². The SMILES string of the molecule is CCn1cc(CC(C)c2cccc(S(=O)(=O)C(C)C)c2)nn1. The van der Waals surface area contributed by atoms with Crippen molar-refractivity contribution in [1.82, 2.24) is 15.0 Å². The molecule has 0 saturated carbocycles. The Morgan fingerprint density at radius 1 is 1.23 bits per heavy atom. The number of hydrogen-bond donors (Lipinski definition) is 0. The number of hydrogen-bond acceptors (Lipinski definition) is 4.